The van der Waals surface area contributed by atoms with Crippen LogP contribution >= 0.6 is 0 Å². The van der Waals surface area contributed by atoms with Crippen molar-refractivity contribution in [1.29, 1.82) is 0 Å². The zero-order chi connectivity index (χ0) is 12.7. The molecule has 1 N–H and O–H groups in total. The van der Waals surface area contributed by atoms with Crippen molar-refractivity contribution >= 4 is 10.0 Å². The highest BCUT2D eigenvalue weighted by molar-refractivity contribution is 7.89. The Bertz CT molecular complexity index is 505. The van der Waals surface area contributed by atoms with Gasteiger partial charge < -0.3 is 9.88 Å². The highest BCUT2D eigenvalue weighted by Crippen LogP contribution is 2.20. The minimum atomic E-state index is -3.34. The minimum absolute atomic E-state index is 0.167. The quantitative estimate of drug-likeness (QED) is 0.834. The average Bonchev–Trinajstić information content (AvgIpc) is 2.64. The highest BCUT2D eigenvalue weighted by Gasteiger charge is 2.33. The molecular formula is C11H19N3O2S. The minimum Gasteiger partial charge on any atom is -0.356 e. The number of rotatable bonds is 2. The van der Waals surface area contributed by atoms with Gasteiger partial charge in [0, 0.05) is 44.6 Å². The number of hydrogen-bond donors (Lipinski definition) is 1. The molecule has 0 unspecified atom stereocenters. The first kappa shape index (κ1) is 12.6. The van der Waals surface area contributed by atoms with Crippen molar-refractivity contribution in [2.24, 2.45) is 7.05 Å². The summed E-state index contributed by atoms with van der Waals surface area (Å²) in [5, 5.41) is 3.31. The largest absolute Gasteiger partial charge is 0.356 e. The Morgan fingerprint density at radius 1 is 1.41 bits per heavy atom. The molecule has 0 radical (unpaired) electrons. The predicted octanol–water partition coefficient (Wildman–Crippen LogP) is 0.398. The summed E-state index contributed by atoms with van der Waals surface area (Å²) in [5.74, 6) is 0. The average molecular weight is 257 g/mol. The van der Waals surface area contributed by atoms with Gasteiger partial charge in [-0.15, -0.1) is 0 Å². The van der Waals surface area contributed by atoms with Crippen molar-refractivity contribution in [1.82, 2.24) is 14.2 Å². The van der Waals surface area contributed by atoms with Gasteiger partial charge in [0.15, 0.2) is 0 Å². The van der Waals surface area contributed by atoms with Gasteiger partial charge >= 0.3 is 0 Å². The van der Waals surface area contributed by atoms with Gasteiger partial charge in [0.1, 0.15) is 0 Å². The molecule has 0 spiro atoms. The number of hydrogen-bond acceptors (Lipinski definition) is 3. The van der Waals surface area contributed by atoms with E-state index in [1.165, 1.54) is 0 Å². The molecule has 1 aromatic heterocycles. The van der Waals surface area contributed by atoms with Crippen molar-refractivity contribution in [3.63, 3.8) is 0 Å². The number of nitrogens with one attached hydrogen (secondary N) is 1. The van der Waals surface area contributed by atoms with Gasteiger partial charge in [-0.05, 0) is 19.9 Å². The molecule has 96 valence electrons. The molecule has 1 aromatic rings. The Labute approximate surface area is 102 Å². The van der Waals surface area contributed by atoms with Gasteiger partial charge in [0.2, 0.25) is 10.0 Å². The monoisotopic (exact) mass is 257 g/mol. The molecule has 0 bridgehead atoms. The second kappa shape index (κ2) is 4.12. The van der Waals surface area contributed by atoms with E-state index in [9.17, 15) is 8.42 Å². The summed E-state index contributed by atoms with van der Waals surface area (Å²) in [6.45, 7) is 5.75. The van der Waals surface area contributed by atoms with E-state index in [1.54, 1.807) is 27.3 Å². The Balaban J connectivity index is 2.27. The fourth-order valence-corrected chi connectivity index (χ4v) is 3.73. The Hall–Kier alpha value is -0.850. The van der Waals surface area contributed by atoms with E-state index in [0.29, 0.717) is 24.5 Å². The van der Waals surface area contributed by atoms with Crippen molar-refractivity contribution in [3.8, 4) is 0 Å². The molecular weight excluding hydrogens is 238 g/mol. The van der Waals surface area contributed by atoms with Crippen LogP contribution in [0.4, 0.5) is 0 Å². The van der Waals surface area contributed by atoms with E-state index >= 15 is 0 Å². The van der Waals surface area contributed by atoms with Crippen LogP contribution in [0.15, 0.2) is 23.4 Å². The lowest BCUT2D eigenvalue weighted by molar-refractivity contribution is 0.233. The molecule has 6 heteroatoms. The summed E-state index contributed by atoms with van der Waals surface area (Å²) in [6, 6.07) is 1.64. The van der Waals surface area contributed by atoms with E-state index in [1.807, 2.05) is 20.9 Å². The molecule has 0 atom stereocenters. The highest BCUT2D eigenvalue weighted by atomic mass is 32.2. The smallest absolute Gasteiger partial charge is 0.244 e. The summed E-state index contributed by atoms with van der Waals surface area (Å²) >= 11 is 0. The van der Waals surface area contributed by atoms with Crippen LogP contribution in [0.2, 0.25) is 0 Å². The Morgan fingerprint density at radius 3 is 2.65 bits per heavy atom. The van der Waals surface area contributed by atoms with Crippen LogP contribution < -0.4 is 5.32 Å². The van der Waals surface area contributed by atoms with Crippen molar-refractivity contribution < 1.29 is 8.42 Å². The first-order valence-corrected chi connectivity index (χ1v) is 7.12. The molecule has 1 saturated heterocycles. The zero-order valence-electron chi connectivity index (χ0n) is 10.5. The van der Waals surface area contributed by atoms with E-state index in [0.717, 1.165) is 0 Å². The van der Waals surface area contributed by atoms with Gasteiger partial charge in [-0.1, -0.05) is 0 Å². The molecule has 0 aromatic carbocycles. The van der Waals surface area contributed by atoms with Crippen molar-refractivity contribution in [2.75, 3.05) is 19.6 Å². The molecule has 1 fully saturated rings. The number of sulfonamides is 1. The second-order valence-electron chi connectivity index (χ2n) is 5.16. The standard InChI is InChI=1S/C11H19N3O2S/c1-11(2)9-14(7-5-12-11)17(15,16)10-4-6-13(3)8-10/h4,6,8,12H,5,7,9H2,1-3H3. The Morgan fingerprint density at radius 2 is 2.12 bits per heavy atom. The lowest BCUT2D eigenvalue weighted by Crippen LogP contribution is -2.58. The first-order valence-electron chi connectivity index (χ1n) is 5.68. The molecule has 5 nitrogen and oxygen atoms in total. The summed E-state index contributed by atoms with van der Waals surface area (Å²) < 4.78 is 28.1. The molecule has 0 saturated carbocycles. The van der Waals surface area contributed by atoms with Gasteiger partial charge in [-0.3, -0.25) is 0 Å². The van der Waals surface area contributed by atoms with Crippen LogP contribution in [0.1, 0.15) is 13.8 Å². The van der Waals surface area contributed by atoms with Crippen LogP contribution in [0.25, 0.3) is 0 Å². The normalized spacial score (nSPS) is 21.6. The fourth-order valence-electron chi connectivity index (χ4n) is 2.08. The molecule has 1 aliphatic rings. The Kier molecular flexibility index (Phi) is 3.05. The molecule has 2 heterocycles. The fraction of sp³-hybridized carbons (Fsp3) is 0.636. The first-order chi connectivity index (χ1) is 7.81. The van der Waals surface area contributed by atoms with E-state index in [-0.39, 0.29) is 5.54 Å². The maximum absolute atomic E-state index is 12.4. The lowest BCUT2D eigenvalue weighted by Gasteiger charge is -2.38. The lowest BCUT2D eigenvalue weighted by atomic mass is 10.0. The van der Waals surface area contributed by atoms with Crippen LogP contribution in [0.5, 0.6) is 0 Å². The summed E-state index contributed by atoms with van der Waals surface area (Å²) in [7, 11) is -1.52. The number of piperazine rings is 1. The summed E-state index contributed by atoms with van der Waals surface area (Å²) in [4.78, 5) is 0.373. The van der Waals surface area contributed by atoms with Crippen LogP contribution in [0.3, 0.4) is 0 Å². The molecule has 0 amide bonds. The SMILES string of the molecule is Cn1ccc(S(=O)(=O)N2CCNC(C)(C)C2)c1. The van der Waals surface area contributed by atoms with Crippen molar-refractivity contribution in [2.45, 2.75) is 24.3 Å². The van der Waals surface area contributed by atoms with E-state index in [2.05, 4.69) is 5.32 Å². The molecule has 0 aliphatic carbocycles. The second-order valence-corrected chi connectivity index (χ2v) is 7.10. The molecule has 1 aliphatic heterocycles. The summed E-state index contributed by atoms with van der Waals surface area (Å²) in [5.41, 5.74) is -0.167. The van der Waals surface area contributed by atoms with Gasteiger partial charge in [0.25, 0.3) is 0 Å². The number of aromatic nitrogens is 1. The van der Waals surface area contributed by atoms with Crippen molar-refractivity contribution in [3.05, 3.63) is 18.5 Å². The van der Waals surface area contributed by atoms with E-state index in [4.69, 9.17) is 0 Å². The zero-order valence-corrected chi connectivity index (χ0v) is 11.3. The van der Waals surface area contributed by atoms with Crippen LogP contribution in [-0.2, 0) is 17.1 Å². The number of nitrogens with zero attached hydrogens (tertiary/aromatic N) is 2. The third-order valence-electron chi connectivity index (χ3n) is 2.98. The molecule has 17 heavy (non-hydrogen) atoms. The van der Waals surface area contributed by atoms with Gasteiger partial charge in [-0.2, -0.15) is 4.31 Å². The summed E-state index contributed by atoms with van der Waals surface area (Å²) in [6.07, 6.45) is 3.39. The number of aryl methyl sites for hydroxylation is 1. The topological polar surface area (TPSA) is 54.3 Å². The van der Waals surface area contributed by atoms with Gasteiger partial charge in [-0.25, -0.2) is 8.42 Å². The van der Waals surface area contributed by atoms with Crippen LogP contribution in [0, 0.1) is 0 Å². The third kappa shape index (κ3) is 2.53. The van der Waals surface area contributed by atoms with E-state index < -0.39 is 10.0 Å². The molecule has 2 rings (SSSR count). The van der Waals surface area contributed by atoms with Crippen LogP contribution in [-0.4, -0.2) is 42.5 Å². The van der Waals surface area contributed by atoms with Gasteiger partial charge in [0.05, 0.1) is 4.90 Å². The maximum atomic E-state index is 12.4. The third-order valence-corrected chi connectivity index (χ3v) is 4.81. The predicted molar refractivity (Wildman–Crippen MR) is 66.3 cm³/mol. The maximum Gasteiger partial charge on any atom is 0.244 e.